The monoisotopic (exact) mass is 301 g/mol. The Labute approximate surface area is 109 Å². The molecule has 1 aliphatic rings. The zero-order valence-electron chi connectivity index (χ0n) is 9.49. The summed E-state index contributed by atoms with van der Waals surface area (Å²) in [6, 6.07) is 1.87. The molecule has 5 heteroatoms. The van der Waals surface area contributed by atoms with E-state index >= 15 is 0 Å². The van der Waals surface area contributed by atoms with Crippen molar-refractivity contribution < 1.29 is 14.3 Å². The maximum atomic E-state index is 11.9. The number of carbonyl (C=O) groups excluding carboxylic acids is 1. The molecule has 2 rings (SSSR count). The molecule has 4 nitrogen and oxygen atoms in total. The molecule has 1 heterocycles. The third kappa shape index (κ3) is 3.10. The van der Waals surface area contributed by atoms with E-state index in [0.29, 0.717) is 16.2 Å². The molecule has 1 aromatic heterocycles. The second-order valence-corrected chi connectivity index (χ2v) is 5.20. The van der Waals surface area contributed by atoms with Crippen LogP contribution in [0.5, 0.6) is 0 Å². The predicted octanol–water partition coefficient (Wildman–Crippen LogP) is 2.32. The Morgan fingerprint density at radius 1 is 1.47 bits per heavy atom. The Kier molecular flexibility index (Phi) is 4.23. The lowest BCUT2D eigenvalue weighted by Gasteiger charge is -2.27. The number of hydrogen-bond acceptors (Lipinski definition) is 3. The zero-order valence-corrected chi connectivity index (χ0v) is 11.1. The van der Waals surface area contributed by atoms with Gasteiger partial charge in [0.15, 0.2) is 4.67 Å². The van der Waals surface area contributed by atoms with Gasteiger partial charge in [-0.25, -0.2) is 0 Å². The van der Waals surface area contributed by atoms with Crippen molar-refractivity contribution in [1.29, 1.82) is 0 Å². The second-order valence-electron chi connectivity index (χ2n) is 4.48. The average molecular weight is 302 g/mol. The van der Waals surface area contributed by atoms with Crippen LogP contribution >= 0.6 is 15.9 Å². The van der Waals surface area contributed by atoms with E-state index in [0.717, 1.165) is 25.7 Å². The van der Waals surface area contributed by atoms with Gasteiger partial charge < -0.3 is 14.8 Å². The third-order valence-electron chi connectivity index (χ3n) is 3.30. The normalized spacial score (nSPS) is 24.6. The summed E-state index contributed by atoms with van der Waals surface area (Å²) in [5.74, 6) is 0.307. The van der Waals surface area contributed by atoms with Crippen molar-refractivity contribution in [3.8, 4) is 0 Å². The van der Waals surface area contributed by atoms with E-state index in [1.165, 1.54) is 6.26 Å². The molecule has 0 unspecified atom stereocenters. The van der Waals surface area contributed by atoms with Gasteiger partial charge in [-0.05, 0) is 53.6 Å². The number of halogens is 1. The molecule has 0 radical (unpaired) electrons. The van der Waals surface area contributed by atoms with Crippen LogP contribution in [0.2, 0.25) is 0 Å². The average Bonchev–Trinajstić information content (AvgIpc) is 2.76. The Balaban J connectivity index is 1.86. The lowest BCUT2D eigenvalue weighted by Crippen LogP contribution is -2.38. The number of rotatable bonds is 3. The SMILES string of the molecule is O=C(NC1CCC(CO)CC1)c1ccoc1Br. The molecule has 1 aromatic rings. The first-order valence-corrected chi connectivity index (χ1v) is 6.64. The van der Waals surface area contributed by atoms with Crippen LogP contribution in [-0.2, 0) is 0 Å². The van der Waals surface area contributed by atoms with Gasteiger partial charge in [0.2, 0.25) is 0 Å². The molecular weight excluding hydrogens is 286 g/mol. The number of furan rings is 1. The van der Waals surface area contributed by atoms with Gasteiger partial charge in [0.25, 0.3) is 5.91 Å². The van der Waals surface area contributed by atoms with Crippen LogP contribution in [0.3, 0.4) is 0 Å². The summed E-state index contributed by atoms with van der Waals surface area (Å²) in [6.07, 6.45) is 5.32. The fraction of sp³-hybridized carbons (Fsp3) is 0.583. The summed E-state index contributed by atoms with van der Waals surface area (Å²) in [7, 11) is 0. The summed E-state index contributed by atoms with van der Waals surface area (Å²) in [4.78, 5) is 11.9. The summed E-state index contributed by atoms with van der Waals surface area (Å²) < 4.78 is 5.50. The minimum Gasteiger partial charge on any atom is -0.457 e. The largest absolute Gasteiger partial charge is 0.457 e. The summed E-state index contributed by atoms with van der Waals surface area (Å²) in [6.45, 7) is 0.258. The summed E-state index contributed by atoms with van der Waals surface area (Å²) >= 11 is 3.19. The van der Waals surface area contributed by atoms with Crippen LogP contribution < -0.4 is 5.32 Å². The predicted molar refractivity (Wildman–Crippen MR) is 66.7 cm³/mol. The quantitative estimate of drug-likeness (QED) is 0.900. The standard InChI is InChI=1S/C12H16BrNO3/c13-11-10(5-6-17-11)12(16)14-9-3-1-8(7-15)2-4-9/h5-6,8-9,15H,1-4,7H2,(H,14,16). The van der Waals surface area contributed by atoms with Crippen molar-refractivity contribution in [1.82, 2.24) is 5.32 Å². The maximum absolute atomic E-state index is 11.9. The number of nitrogens with one attached hydrogen (secondary N) is 1. The first-order valence-electron chi connectivity index (χ1n) is 5.85. The Hall–Kier alpha value is -0.810. The molecule has 1 amide bonds. The van der Waals surface area contributed by atoms with Gasteiger partial charge in [0, 0.05) is 12.6 Å². The molecule has 0 aliphatic heterocycles. The van der Waals surface area contributed by atoms with E-state index in [1.807, 2.05) is 0 Å². The Morgan fingerprint density at radius 3 is 2.71 bits per heavy atom. The molecule has 0 saturated heterocycles. The first kappa shape index (κ1) is 12.6. The molecular formula is C12H16BrNO3. The maximum Gasteiger partial charge on any atom is 0.255 e. The van der Waals surface area contributed by atoms with Crippen molar-refractivity contribution in [2.75, 3.05) is 6.61 Å². The van der Waals surface area contributed by atoms with Crippen LogP contribution in [-0.4, -0.2) is 23.7 Å². The van der Waals surface area contributed by atoms with Crippen LogP contribution in [0.15, 0.2) is 21.4 Å². The van der Waals surface area contributed by atoms with Gasteiger partial charge in [-0.3, -0.25) is 4.79 Å². The number of carbonyl (C=O) groups is 1. The van der Waals surface area contributed by atoms with Crippen molar-refractivity contribution in [2.24, 2.45) is 5.92 Å². The van der Waals surface area contributed by atoms with Gasteiger partial charge in [-0.1, -0.05) is 0 Å². The fourth-order valence-corrected chi connectivity index (χ4v) is 2.63. The highest BCUT2D eigenvalue weighted by atomic mass is 79.9. The molecule has 1 saturated carbocycles. The molecule has 1 fully saturated rings. The van der Waals surface area contributed by atoms with Crippen LogP contribution in [0.1, 0.15) is 36.0 Å². The van der Waals surface area contributed by atoms with Crippen LogP contribution in [0, 0.1) is 5.92 Å². The van der Waals surface area contributed by atoms with Crippen molar-refractivity contribution in [3.63, 3.8) is 0 Å². The van der Waals surface area contributed by atoms with E-state index in [2.05, 4.69) is 21.2 Å². The van der Waals surface area contributed by atoms with E-state index < -0.39 is 0 Å². The second kappa shape index (κ2) is 5.69. The van der Waals surface area contributed by atoms with Gasteiger partial charge in [0.05, 0.1) is 11.8 Å². The highest BCUT2D eigenvalue weighted by Crippen LogP contribution is 2.24. The van der Waals surface area contributed by atoms with Gasteiger partial charge in [0.1, 0.15) is 0 Å². The number of aliphatic hydroxyl groups is 1. The van der Waals surface area contributed by atoms with E-state index in [9.17, 15) is 4.79 Å². The van der Waals surface area contributed by atoms with Crippen molar-refractivity contribution >= 4 is 21.8 Å². The molecule has 0 bridgehead atoms. The first-order chi connectivity index (χ1) is 8.20. The highest BCUT2D eigenvalue weighted by molar-refractivity contribution is 9.10. The summed E-state index contributed by atoms with van der Waals surface area (Å²) in [5, 5.41) is 12.0. The van der Waals surface area contributed by atoms with Gasteiger partial charge in [-0.2, -0.15) is 0 Å². The number of hydrogen-bond donors (Lipinski definition) is 2. The molecule has 1 aliphatic carbocycles. The molecule has 0 aromatic carbocycles. The lowest BCUT2D eigenvalue weighted by atomic mass is 9.86. The van der Waals surface area contributed by atoms with E-state index in [-0.39, 0.29) is 18.6 Å². The molecule has 2 N–H and O–H groups in total. The Bertz CT molecular complexity index is 383. The smallest absolute Gasteiger partial charge is 0.255 e. The topological polar surface area (TPSA) is 62.5 Å². The zero-order chi connectivity index (χ0) is 12.3. The van der Waals surface area contributed by atoms with Gasteiger partial charge >= 0.3 is 0 Å². The fourth-order valence-electron chi connectivity index (χ4n) is 2.21. The van der Waals surface area contributed by atoms with Crippen molar-refractivity contribution in [3.05, 3.63) is 22.6 Å². The third-order valence-corrected chi connectivity index (χ3v) is 3.92. The molecule has 17 heavy (non-hydrogen) atoms. The lowest BCUT2D eigenvalue weighted by molar-refractivity contribution is 0.0912. The van der Waals surface area contributed by atoms with E-state index in [1.54, 1.807) is 6.07 Å². The minimum absolute atomic E-state index is 0.0990. The van der Waals surface area contributed by atoms with Crippen LogP contribution in [0.25, 0.3) is 0 Å². The van der Waals surface area contributed by atoms with Gasteiger partial charge in [-0.15, -0.1) is 0 Å². The van der Waals surface area contributed by atoms with E-state index in [4.69, 9.17) is 9.52 Å². The van der Waals surface area contributed by atoms with Crippen LogP contribution in [0.4, 0.5) is 0 Å². The Morgan fingerprint density at radius 2 is 2.18 bits per heavy atom. The molecule has 0 spiro atoms. The highest BCUT2D eigenvalue weighted by Gasteiger charge is 2.23. The number of aliphatic hydroxyl groups excluding tert-OH is 1. The molecule has 94 valence electrons. The number of amides is 1. The minimum atomic E-state index is -0.0990. The summed E-state index contributed by atoms with van der Waals surface area (Å²) in [5.41, 5.74) is 0.536. The molecule has 0 atom stereocenters. The van der Waals surface area contributed by atoms with Crippen molar-refractivity contribution in [2.45, 2.75) is 31.7 Å².